The van der Waals surface area contributed by atoms with Gasteiger partial charge < -0.3 is 24.6 Å². The van der Waals surface area contributed by atoms with E-state index in [1.807, 2.05) is 0 Å². The molecular formula is C17H21NO6. The number of amides is 1. The number of carbonyl (C=O) groups is 2. The Bertz CT molecular complexity index is 636. The van der Waals surface area contributed by atoms with Crippen molar-refractivity contribution in [3.63, 3.8) is 0 Å². The molecule has 7 heteroatoms. The predicted octanol–water partition coefficient (Wildman–Crippen LogP) is 1.24. The van der Waals surface area contributed by atoms with Crippen LogP contribution in [0.3, 0.4) is 0 Å². The highest BCUT2D eigenvalue weighted by molar-refractivity contribution is 5.95. The third-order valence-corrected chi connectivity index (χ3v) is 4.66. The van der Waals surface area contributed by atoms with Crippen LogP contribution in [-0.4, -0.2) is 43.0 Å². The maximum atomic E-state index is 12.3. The van der Waals surface area contributed by atoms with Gasteiger partial charge in [0.25, 0.3) is 5.91 Å². The molecule has 0 saturated heterocycles. The van der Waals surface area contributed by atoms with Crippen molar-refractivity contribution in [2.24, 2.45) is 5.92 Å². The smallest absolute Gasteiger partial charge is 0.308 e. The summed E-state index contributed by atoms with van der Waals surface area (Å²) >= 11 is 0. The fourth-order valence-electron chi connectivity index (χ4n) is 3.12. The molecule has 130 valence electrons. The molecular weight excluding hydrogens is 314 g/mol. The molecule has 0 radical (unpaired) electrons. The molecule has 1 amide bonds. The second-order valence-electron chi connectivity index (χ2n) is 6.27. The summed E-state index contributed by atoms with van der Waals surface area (Å²) in [6, 6.07) is 4.96. The van der Waals surface area contributed by atoms with Crippen LogP contribution < -0.4 is 14.8 Å². The van der Waals surface area contributed by atoms with Crippen LogP contribution in [-0.2, 0) is 9.53 Å². The Morgan fingerprint density at radius 2 is 2.00 bits per heavy atom. The minimum atomic E-state index is -0.990. The molecule has 0 spiro atoms. The Labute approximate surface area is 139 Å². The summed E-state index contributed by atoms with van der Waals surface area (Å²) in [5, 5.41) is 13.3. The first kappa shape index (κ1) is 16.6. The minimum Gasteiger partial charge on any atom is -0.469 e. The lowest BCUT2D eigenvalue weighted by atomic mass is 9.78. The molecule has 0 unspecified atom stereocenters. The van der Waals surface area contributed by atoms with E-state index >= 15 is 0 Å². The Hall–Kier alpha value is -2.28. The van der Waals surface area contributed by atoms with Gasteiger partial charge in [-0.2, -0.15) is 0 Å². The molecule has 0 bridgehead atoms. The number of ether oxygens (including phenoxy) is 3. The van der Waals surface area contributed by atoms with Crippen molar-refractivity contribution < 1.29 is 28.9 Å². The van der Waals surface area contributed by atoms with Crippen LogP contribution in [0.5, 0.6) is 11.5 Å². The molecule has 1 saturated carbocycles. The quantitative estimate of drug-likeness (QED) is 0.804. The second-order valence-corrected chi connectivity index (χ2v) is 6.27. The van der Waals surface area contributed by atoms with Crippen molar-refractivity contribution in [2.75, 3.05) is 20.4 Å². The lowest BCUT2D eigenvalue weighted by Gasteiger charge is -2.35. The molecule has 2 N–H and O–H groups in total. The number of benzene rings is 1. The highest BCUT2D eigenvalue weighted by Gasteiger charge is 2.36. The monoisotopic (exact) mass is 335 g/mol. The first-order valence-corrected chi connectivity index (χ1v) is 7.99. The third-order valence-electron chi connectivity index (χ3n) is 4.66. The molecule has 1 heterocycles. The fraction of sp³-hybridized carbons (Fsp3) is 0.529. The number of aliphatic hydroxyl groups is 1. The summed E-state index contributed by atoms with van der Waals surface area (Å²) in [4.78, 5) is 23.8. The number of hydrogen-bond acceptors (Lipinski definition) is 6. The summed E-state index contributed by atoms with van der Waals surface area (Å²) < 4.78 is 15.2. The van der Waals surface area contributed by atoms with E-state index in [1.54, 1.807) is 18.2 Å². The number of methoxy groups -OCH3 is 1. The van der Waals surface area contributed by atoms with Crippen LogP contribution in [0.15, 0.2) is 18.2 Å². The summed E-state index contributed by atoms with van der Waals surface area (Å²) in [5.74, 6) is 0.476. The molecule has 2 aliphatic rings. The van der Waals surface area contributed by atoms with E-state index in [1.165, 1.54) is 7.11 Å². The zero-order chi connectivity index (χ0) is 17.2. The molecule has 3 rings (SSSR count). The molecule has 1 aromatic carbocycles. The van der Waals surface area contributed by atoms with Crippen molar-refractivity contribution in [2.45, 2.75) is 31.3 Å². The number of fused-ring (bicyclic) bond motifs is 1. The molecule has 0 atom stereocenters. The molecule has 1 aromatic rings. The number of carbonyl (C=O) groups excluding carboxylic acids is 2. The zero-order valence-corrected chi connectivity index (χ0v) is 13.5. The van der Waals surface area contributed by atoms with E-state index in [2.05, 4.69) is 5.32 Å². The van der Waals surface area contributed by atoms with Crippen LogP contribution in [0.1, 0.15) is 36.0 Å². The topological polar surface area (TPSA) is 94.1 Å². The van der Waals surface area contributed by atoms with Crippen LogP contribution in [0, 0.1) is 5.92 Å². The standard InChI is InChI=1S/C17H21NO6/c1-22-16(20)11-4-6-17(21,7-5-11)9-18-15(19)12-2-3-13-14(8-12)24-10-23-13/h2-3,8,11,21H,4-7,9-10H2,1H3,(H,18,19). The summed E-state index contributed by atoms with van der Waals surface area (Å²) in [6.07, 6.45) is 2.02. The van der Waals surface area contributed by atoms with Crippen molar-refractivity contribution in [3.05, 3.63) is 23.8 Å². The minimum absolute atomic E-state index is 0.147. The molecule has 7 nitrogen and oxygen atoms in total. The van der Waals surface area contributed by atoms with E-state index in [-0.39, 0.29) is 31.1 Å². The second kappa shape index (κ2) is 6.68. The Kier molecular flexibility index (Phi) is 4.62. The van der Waals surface area contributed by atoms with Crippen LogP contribution >= 0.6 is 0 Å². The van der Waals surface area contributed by atoms with Gasteiger partial charge in [0, 0.05) is 12.1 Å². The van der Waals surface area contributed by atoms with Gasteiger partial charge in [0.05, 0.1) is 18.6 Å². The van der Waals surface area contributed by atoms with Crippen molar-refractivity contribution in [1.82, 2.24) is 5.32 Å². The maximum absolute atomic E-state index is 12.3. The first-order valence-electron chi connectivity index (χ1n) is 7.99. The molecule has 1 aliphatic heterocycles. The van der Waals surface area contributed by atoms with Gasteiger partial charge in [-0.3, -0.25) is 9.59 Å². The fourth-order valence-corrected chi connectivity index (χ4v) is 3.12. The lowest BCUT2D eigenvalue weighted by Crippen LogP contribution is -2.46. The lowest BCUT2D eigenvalue weighted by molar-refractivity contribution is -0.148. The van der Waals surface area contributed by atoms with E-state index in [9.17, 15) is 14.7 Å². The summed E-state index contributed by atoms with van der Waals surface area (Å²) in [5.41, 5.74) is -0.539. The first-order chi connectivity index (χ1) is 11.5. The number of hydrogen-bond donors (Lipinski definition) is 2. The highest BCUT2D eigenvalue weighted by Crippen LogP contribution is 2.33. The zero-order valence-electron chi connectivity index (χ0n) is 13.5. The number of rotatable bonds is 4. The number of esters is 1. The van der Waals surface area contributed by atoms with E-state index in [0.29, 0.717) is 42.7 Å². The summed E-state index contributed by atoms with van der Waals surface area (Å²) in [7, 11) is 1.37. The Morgan fingerprint density at radius 1 is 1.29 bits per heavy atom. The van der Waals surface area contributed by atoms with Crippen LogP contribution in [0.2, 0.25) is 0 Å². The van der Waals surface area contributed by atoms with Crippen LogP contribution in [0.4, 0.5) is 0 Å². The van der Waals surface area contributed by atoms with Crippen molar-refractivity contribution >= 4 is 11.9 Å². The molecule has 1 fully saturated rings. The van der Waals surface area contributed by atoms with Gasteiger partial charge in [-0.15, -0.1) is 0 Å². The average Bonchev–Trinajstić information content (AvgIpc) is 3.07. The predicted molar refractivity (Wildman–Crippen MR) is 83.8 cm³/mol. The highest BCUT2D eigenvalue weighted by atomic mass is 16.7. The molecule has 1 aliphatic carbocycles. The van der Waals surface area contributed by atoms with Crippen molar-refractivity contribution in [3.8, 4) is 11.5 Å². The maximum Gasteiger partial charge on any atom is 0.308 e. The number of nitrogens with one attached hydrogen (secondary N) is 1. The molecule has 0 aromatic heterocycles. The normalized spacial score (nSPS) is 25.2. The van der Waals surface area contributed by atoms with Gasteiger partial charge in [0.2, 0.25) is 6.79 Å². The van der Waals surface area contributed by atoms with Gasteiger partial charge in [0.1, 0.15) is 0 Å². The van der Waals surface area contributed by atoms with Gasteiger partial charge in [0.15, 0.2) is 11.5 Å². The van der Waals surface area contributed by atoms with E-state index in [4.69, 9.17) is 14.2 Å². The van der Waals surface area contributed by atoms with E-state index in [0.717, 1.165) is 0 Å². The molecule has 24 heavy (non-hydrogen) atoms. The Morgan fingerprint density at radius 3 is 2.71 bits per heavy atom. The van der Waals surface area contributed by atoms with Gasteiger partial charge in [-0.05, 0) is 43.9 Å². The summed E-state index contributed by atoms with van der Waals surface area (Å²) in [6.45, 7) is 0.301. The van der Waals surface area contributed by atoms with E-state index < -0.39 is 5.60 Å². The SMILES string of the molecule is COC(=O)C1CCC(O)(CNC(=O)c2ccc3c(c2)OCO3)CC1. The van der Waals surface area contributed by atoms with Gasteiger partial charge in [-0.25, -0.2) is 0 Å². The largest absolute Gasteiger partial charge is 0.469 e. The van der Waals surface area contributed by atoms with Gasteiger partial charge in [-0.1, -0.05) is 0 Å². The van der Waals surface area contributed by atoms with Gasteiger partial charge >= 0.3 is 5.97 Å². The Balaban J connectivity index is 1.54. The third kappa shape index (κ3) is 3.46. The average molecular weight is 335 g/mol. The van der Waals surface area contributed by atoms with Crippen LogP contribution in [0.25, 0.3) is 0 Å². The van der Waals surface area contributed by atoms with Crippen molar-refractivity contribution in [1.29, 1.82) is 0 Å².